The van der Waals surface area contributed by atoms with E-state index in [0.717, 1.165) is 6.42 Å². The lowest BCUT2D eigenvalue weighted by molar-refractivity contribution is -0.116. The van der Waals surface area contributed by atoms with Crippen LogP contribution in [0, 0.1) is 0 Å². The summed E-state index contributed by atoms with van der Waals surface area (Å²) in [7, 11) is 1.53. The molecule has 0 spiro atoms. The summed E-state index contributed by atoms with van der Waals surface area (Å²) < 4.78 is 5.06. The van der Waals surface area contributed by atoms with Crippen molar-refractivity contribution in [1.29, 1.82) is 0 Å². The van der Waals surface area contributed by atoms with Crippen molar-refractivity contribution in [3.8, 4) is 5.75 Å². The number of amides is 1. The average Bonchev–Trinajstić information content (AvgIpc) is 2.31. The maximum absolute atomic E-state index is 11.6. The number of halogens is 1. The molecule has 5 heteroatoms. The van der Waals surface area contributed by atoms with Crippen molar-refractivity contribution >= 4 is 23.2 Å². The number of hydrogen-bond donors (Lipinski definition) is 2. The zero-order valence-corrected chi connectivity index (χ0v) is 10.8. The quantitative estimate of drug-likeness (QED) is 0.850. The Kier molecular flexibility index (Phi) is 5.25. The number of rotatable bonds is 5. The number of nitrogens with one attached hydrogen (secondary N) is 1. The molecule has 1 aromatic carbocycles. The first-order valence-electron chi connectivity index (χ1n) is 5.45. The lowest BCUT2D eigenvalue weighted by atomic mass is 10.1. The normalized spacial score (nSPS) is 12.0. The van der Waals surface area contributed by atoms with E-state index in [9.17, 15) is 4.79 Å². The van der Waals surface area contributed by atoms with Gasteiger partial charge in [0.2, 0.25) is 5.91 Å². The minimum absolute atomic E-state index is 0.107. The van der Waals surface area contributed by atoms with Gasteiger partial charge in [-0.3, -0.25) is 4.79 Å². The third-order valence-corrected chi connectivity index (χ3v) is 2.72. The molecule has 0 fully saturated rings. The number of carbonyl (C=O) groups excluding carboxylic acids is 1. The molecule has 1 unspecified atom stereocenters. The van der Waals surface area contributed by atoms with Gasteiger partial charge in [0.1, 0.15) is 5.75 Å². The monoisotopic (exact) mass is 256 g/mol. The number of ether oxygens (including phenoxy) is 1. The molecule has 1 aromatic rings. The number of methoxy groups -OCH3 is 1. The second kappa shape index (κ2) is 6.47. The summed E-state index contributed by atoms with van der Waals surface area (Å²) in [5.74, 6) is 0.424. The topological polar surface area (TPSA) is 64.4 Å². The van der Waals surface area contributed by atoms with Gasteiger partial charge in [-0.25, -0.2) is 0 Å². The van der Waals surface area contributed by atoms with Crippen LogP contribution >= 0.6 is 11.6 Å². The Balaban J connectivity index is 2.65. The summed E-state index contributed by atoms with van der Waals surface area (Å²) in [4.78, 5) is 11.6. The van der Waals surface area contributed by atoms with E-state index in [4.69, 9.17) is 22.1 Å². The zero-order chi connectivity index (χ0) is 12.8. The molecule has 4 nitrogen and oxygen atoms in total. The highest BCUT2D eigenvalue weighted by molar-refractivity contribution is 6.32. The molecule has 0 aliphatic heterocycles. The Morgan fingerprint density at radius 1 is 1.59 bits per heavy atom. The predicted octanol–water partition coefficient (Wildman–Crippen LogP) is 2.41. The molecular formula is C12H17ClN2O2. The molecule has 0 saturated carbocycles. The fourth-order valence-electron chi connectivity index (χ4n) is 1.33. The van der Waals surface area contributed by atoms with E-state index in [1.807, 2.05) is 6.92 Å². The largest absolute Gasteiger partial charge is 0.495 e. The standard InChI is InChI=1S/C12H17ClN2O2/c1-3-8(14)6-12(16)15-9-4-5-10(13)11(7-9)17-2/h4-5,7-8H,3,6,14H2,1-2H3,(H,15,16). The highest BCUT2D eigenvalue weighted by atomic mass is 35.5. The minimum Gasteiger partial charge on any atom is -0.495 e. The van der Waals surface area contributed by atoms with Crippen LogP contribution in [0.5, 0.6) is 5.75 Å². The van der Waals surface area contributed by atoms with E-state index >= 15 is 0 Å². The molecule has 1 atom stereocenters. The van der Waals surface area contributed by atoms with Crippen molar-refractivity contribution in [1.82, 2.24) is 0 Å². The first-order valence-corrected chi connectivity index (χ1v) is 5.83. The van der Waals surface area contributed by atoms with Crippen molar-refractivity contribution in [2.75, 3.05) is 12.4 Å². The molecule has 3 N–H and O–H groups in total. The molecule has 0 heterocycles. The van der Waals surface area contributed by atoms with Crippen LogP contribution in [0.25, 0.3) is 0 Å². The molecular weight excluding hydrogens is 240 g/mol. The molecule has 17 heavy (non-hydrogen) atoms. The Morgan fingerprint density at radius 3 is 2.88 bits per heavy atom. The van der Waals surface area contributed by atoms with Crippen LogP contribution in [0.1, 0.15) is 19.8 Å². The van der Waals surface area contributed by atoms with E-state index in [1.54, 1.807) is 18.2 Å². The maximum Gasteiger partial charge on any atom is 0.225 e. The van der Waals surface area contributed by atoms with Crippen molar-refractivity contribution in [3.63, 3.8) is 0 Å². The first-order chi connectivity index (χ1) is 8.06. The summed E-state index contributed by atoms with van der Waals surface area (Å²) in [6.45, 7) is 1.95. The molecule has 1 rings (SSSR count). The Bertz CT molecular complexity index is 396. The molecule has 0 aliphatic carbocycles. The SMILES string of the molecule is CCC(N)CC(=O)Nc1ccc(Cl)c(OC)c1. The lowest BCUT2D eigenvalue weighted by Gasteiger charge is -2.10. The van der Waals surface area contributed by atoms with Crippen molar-refractivity contribution in [2.24, 2.45) is 5.73 Å². The third-order valence-electron chi connectivity index (χ3n) is 2.41. The van der Waals surface area contributed by atoms with Crippen molar-refractivity contribution < 1.29 is 9.53 Å². The van der Waals surface area contributed by atoms with Crippen LogP contribution in [0.15, 0.2) is 18.2 Å². The van der Waals surface area contributed by atoms with Gasteiger partial charge in [0, 0.05) is 24.2 Å². The molecule has 0 radical (unpaired) electrons. The minimum atomic E-state index is -0.108. The Morgan fingerprint density at radius 2 is 2.29 bits per heavy atom. The van der Waals surface area contributed by atoms with Crippen LogP contribution < -0.4 is 15.8 Å². The summed E-state index contributed by atoms with van der Waals surface area (Å²) in [6.07, 6.45) is 1.08. The van der Waals surface area contributed by atoms with Crippen LogP contribution in [-0.2, 0) is 4.79 Å². The predicted molar refractivity (Wildman–Crippen MR) is 69.5 cm³/mol. The van der Waals surface area contributed by atoms with Gasteiger partial charge >= 0.3 is 0 Å². The number of hydrogen-bond acceptors (Lipinski definition) is 3. The molecule has 0 aliphatic rings. The number of nitrogens with two attached hydrogens (primary N) is 1. The Labute approximate surface area is 106 Å². The summed E-state index contributed by atoms with van der Waals surface area (Å²) in [5, 5.41) is 3.26. The number of benzene rings is 1. The first kappa shape index (κ1) is 13.8. The van der Waals surface area contributed by atoms with Gasteiger partial charge in [-0.2, -0.15) is 0 Å². The van der Waals surface area contributed by atoms with E-state index in [-0.39, 0.29) is 11.9 Å². The van der Waals surface area contributed by atoms with E-state index in [1.165, 1.54) is 7.11 Å². The summed E-state index contributed by atoms with van der Waals surface area (Å²) in [5.41, 5.74) is 6.35. The third kappa shape index (κ3) is 4.24. The van der Waals surface area contributed by atoms with Crippen LogP contribution in [0.4, 0.5) is 5.69 Å². The van der Waals surface area contributed by atoms with Gasteiger partial charge in [-0.05, 0) is 18.6 Å². The molecule has 0 aromatic heterocycles. The highest BCUT2D eigenvalue weighted by Gasteiger charge is 2.09. The van der Waals surface area contributed by atoms with Crippen molar-refractivity contribution in [3.05, 3.63) is 23.2 Å². The smallest absolute Gasteiger partial charge is 0.225 e. The van der Waals surface area contributed by atoms with Crippen LogP contribution in [-0.4, -0.2) is 19.1 Å². The van der Waals surface area contributed by atoms with Gasteiger partial charge < -0.3 is 15.8 Å². The summed E-state index contributed by atoms with van der Waals surface area (Å²) >= 11 is 5.88. The van der Waals surface area contributed by atoms with Gasteiger partial charge in [0.25, 0.3) is 0 Å². The van der Waals surface area contributed by atoms with Crippen LogP contribution in [0.2, 0.25) is 5.02 Å². The lowest BCUT2D eigenvalue weighted by Crippen LogP contribution is -2.26. The zero-order valence-electron chi connectivity index (χ0n) is 10.00. The van der Waals surface area contributed by atoms with Gasteiger partial charge in [0.05, 0.1) is 12.1 Å². The molecule has 0 bridgehead atoms. The maximum atomic E-state index is 11.6. The van der Waals surface area contributed by atoms with E-state index in [2.05, 4.69) is 5.32 Å². The van der Waals surface area contributed by atoms with E-state index < -0.39 is 0 Å². The van der Waals surface area contributed by atoms with Gasteiger partial charge in [0.15, 0.2) is 0 Å². The second-order valence-electron chi connectivity index (χ2n) is 3.77. The number of anilines is 1. The fraction of sp³-hybridized carbons (Fsp3) is 0.417. The van der Waals surface area contributed by atoms with Gasteiger partial charge in [-0.15, -0.1) is 0 Å². The highest BCUT2D eigenvalue weighted by Crippen LogP contribution is 2.27. The van der Waals surface area contributed by atoms with Crippen molar-refractivity contribution in [2.45, 2.75) is 25.8 Å². The van der Waals surface area contributed by atoms with E-state index in [0.29, 0.717) is 22.9 Å². The summed E-state index contributed by atoms with van der Waals surface area (Å²) in [6, 6.07) is 4.97. The molecule has 0 saturated heterocycles. The fourth-order valence-corrected chi connectivity index (χ4v) is 1.53. The second-order valence-corrected chi connectivity index (χ2v) is 4.18. The molecule has 94 valence electrons. The average molecular weight is 257 g/mol. The number of carbonyl (C=O) groups is 1. The van der Waals surface area contributed by atoms with Gasteiger partial charge in [-0.1, -0.05) is 18.5 Å². The van der Waals surface area contributed by atoms with Crippen LogP contribution in [0.3, 0.4) is 0 Å². The Hall–Kier alpha value is -1.26. The molecule has 1 amide bonds.